The molecule has 1 aliphatic heterocycles. The van der Waals surface area contributed by atoms with Crippen molar-refractivity contribution in [3.63, 3.8) is 0 Å². The molecule has 2 fully saturated rings. The summed E-state index contributed by atoms with van der Waals surface area (Å²) in [6.45, 7) is 4.52. The Hall–Kier alpha value is -0.730. The molecule has 1 heterocycles. The first-order valence-corrected chi connectivity index (χ1v) is 7.34. The van der Waals surface area contributed by atoms with Crippen LogP contribution in [0.15, 0.2) is 24.3 Å². The zero-order valence-corrected chi connectivity index (χ0v) is 11.7. The van der Waals surface area contributed by atoms with Crippen molar-refractivity contribution in [2.75, 3.05) is 18.0 Å². The number of benzene rings is 1. The molecule has 98 valence electrons. The fourth-order valence-corrected chi connectivity index (χ4v) is 3.50. The van der Waals surface area contributed by atoms with Gasteiger partial charge in [0, 0.05) is 35.4 Å². The van der Waals surface area contributed by atoms with Crippen molar-refractivity contribution >= 4 is 17.3 Å². The van der Waals surface area contributed by atoms with E-state index in [4.69, 9.17) is 11.6 Å². The van der Waals surface area contributed by atoms with Gasteiger partial charge in [0.25, 0.3) is 0 Å². The number of hydrogen-bond acceptors (Lipinski definition) is 2. The number of rotatable bonds is 1. The van der Waals surface area contributed by atoms with Crippen molar-refractivity contribution in [2.24, 2.45) is 0 Å². The Labute approximate surface area is 114 Å². The van der Waals surface area contributed by atoms with Crippen molar-refractivity contribution in [1.29, 1.82) is 0 Å². The number of anilines is 1. The summed E-state index contributed by atoms with van der Waals surface area (Å²) in [6.07, 6.45) is 5.39. The van der Waals surface area contributed by atoms with E-state index < -0.39 is 0 Å². The van der Waals surface area contributed by atoms with E-state index in [0.717, 1.165) is 18.1 Å². The fraction of sp³-hybridized carbons (Fsp3) is 0.600. The predicted molar refractivity (Wildman–Crippen MR) is 77.5 cm³/mol. The van der Waals surface area contributed by atoms with E-state index in [9.17, 15) is 0 Å². The molecule has 3 rings (SSSR count). The van der Waals surface area contributed by atoms with E-state index in [1.165, 1.54) is 31.4 Å². The van der Waals surface area contributed by atoms with E-state index in [0.29, 0.717) is 11.6 Å². The highest BCUT2D eigenvalue weighted by molar-refractivity contribution is 6.30. The summed E-state index contributed by atoms with van der Waals surface area (Å²) in [5.74, 6) is 0. The lowest BCUT2D eigenvalue weighted by Gasteiger charge is -2.46. The first-order chi connectivity index (χ1) is 8.69. The maximum atomic E-state index is 5.98. The average Bonchev–Trinajstić information content (AvgIpc) is 2.82. The second kappa shape index (κ2) is 4.75. The number of hydrogen-bond donors (Lipinski definition) is 1. The quantitative estimate of drug-likeness (QED) is 0.836. The van der Waals surface area contributed by atoms with Crippen LogP contribution in [-0.4, -0.2) is 24.7 Å². The lowest BCUT2D eigenvalue weighted by molar-refractivity contribution is 0.276. The van der Waals surface area contributed by atoms with Crippen molar-refractivity contribution < 1.29 is 0 Å². The first-order valence-electron chi connectivity index (χ1n) is 6.96. The van der Waals surface area contributed by atoms with Gasteiger partial charge >= 0.3 is 0 Å². The van der Waals surface area contributed by atoms with Gasteiger partial charge in [-0.2, -0.15) is 0 Å². The Balaban J connectivity index is 1.82. The van der Waals surface area contributed by atoms with Crippen LogP contribution >= 0.6 is 11.6 Å². The van der Waals surface area contributed by atoms with Gasteiger partial charge in [0.1, 0.15) is 0 Å². The number of piperazine rings is 1. The molecule has 0 bridgehead atoms. The largest absolute Gasteiger partial charge is 0.366 e. The zero-order valence-electron chi connectivity index (χ0n) is 11.0. The highest BCUT2D eigenvalue weighted by atomic mass is 35.5. The molecule has 3 heteroatoms. The summed E-state index contributed by atoms with van der Waals surface area (Å²) in [4.78, 5) is 2.54. The van der Waals surface area contributed by atoms with E-state index in [-0.39, 0.29) is 0 Å². The van der Waals surface area contributed by atoms with Crippen molar-refractivity contribution in [1.82, 2.24) is 5.32 Å². The topological polar surface area (TPSA) is 15.3 Å². The second-order valence-corrected chi connectivity index (χ2v) is 6.26. The summed E-state index contributed by atoms with van der Waals surface area (Å²) < 4.78 is 0. The molecule has 1 N–H and O–H groups in total. The molecule has 18 heavy (non-hydrogen) atoms. The Bertz CT molecular complexity index is 409. The molecule has 1 spiro atoms. The maximum absolute atomic E-state index is 5.98. The van der Waals surface area contributed by atoms with Gasteiger partial charge in [-0.1, -0.05) is 24.4 Å². The standard InChI is InChI=1S/C15H21ClN2/c1-12-10-17-15(8-2-3-9-15)11-18(12)14-6-4-13(16)5-7-14/h4-7,12,17H,2-3,8-11H2,1H3. The van der Waals surface area contributed by atoms with Crippen molar-refractivity contribution in [3.8, 4) is 0 Å². The Kier molecular flexibility index (Phi) is 3.25. The minimum absolute atomic E-state index is 0.367. The summed E-state index contributed by atoms with van der Waals surface area (Å²) in [5, 5.41) is 4.60. The molecule has 2 aliphatic rings. The highest BCUT2D eigenvalue weighted by Gasteiger charge is 2.39. The number of halogens is 1. The van der Waals surface area contributed by atoms with Crippen LogP contribution in [0.3, 0.4) is 0 Å². The summed E-state index contributed by atoms with van der Waals surface area (Å²) in [6, 6.07) is 8.83. The molecule has 1 aliphatic carbocycles. The molecule has 1 unspecified atom stereocenters. The molecule has 0 radical (unpaired) electrons. The molecular formula is C15H21ClN2. The molecule has 0 aromatic heterocycles. The summed E-state index contributed by atoms with van der Waals surface area (Å²) in [5.41, 5.74) is 1.67. The molecule has 1 aromatic carbocycles. The van der Waals surface area contributed by atoms with Crippen LogP contribution in [0.4, 0.5) is 5.69 Å². The molecule has 1 aromatic rings. The van der Waals surface area contributed by atoms with Crippen LogP contribution in [0.2, 0.25) is 5.02 Å². The van der Waals surface area contributed by atoms with Gasteiger partial charge in [0.05, 0.1) is 0 Å². The van der Waals surface area contributed by atoms with E-state index >= 15 is 0 Å². The van der Waals surface area contributed by atoms with Crippen LogP contribution < -0.4 is 10.2 Å². The summed E-state index contributed by atoms with van der Waals surface area (Å²) >= 11 is 5.98. The van der Waals surface area contributed by atoms with Gasteiger partial charge in [0.15, 0.2) is 0 Å². The van der Waals surface area contributed by atoms with Gasteiger partial charge in [-0.05, 0) is 44.0 Å². The molecule has 1 atom stereocenters. The monoisotopic (exact) mass is 264 g/mol. The van der Waals surface area contributed by atoms with E-state index in [1.807, 2.05) is 12.1 Å². The lowest BCUT2D eigenvalue weighted by atomic mass is 9.92. The lowest BCUT2D eigenvalue weighted by Crippen LogP contribution is -2.62. The minimum atomic E-state index is 0.367. The van der Waals surface area contributed by atoms with Crippen LogP contribution in [-0.2, 0) is 0 Å². The summed E-state index contributed by atoms with van der Waals surface area (Å²) in [7, 11) is 0. The molecular weight excluding hydrogens is 244 g/mol. The minimum Gasteiger partial charge on any atom is -0.366 e. The van der Waals surface area contributed by atoms with Gasteiger partial charge in [-0.25, -0.2) is 0 Å². The van der Waals surface area contributed by atoms with Gasteiger partial charge in [-0.15, -0.1) is 0 Å². The fourth-order valence-electron chi connectivity index (χ4n) is 3.38. The smallest absolute Gasteiger partial charge is 0.0407 e. The van der Waals surface area contributed by atoms with Crippen LogP contribution in [0.1, 0.15) is 32.6 Å². The van der Waals surface area contributed by atoms with Crippen LogP contribution in [0.25, 0.3) is 0 Å². The third-order valence-electron chi connectivity index (χ3n) is 4.50. The Morgan fingerprint density at radius 2 is 1.89 bits per heavy atom. The van der Waals surface area contributed by atoms with Gasteiger partial charge < -0.3 is 10.2 Å². The molecule has 1 saturated carbocycles. The normalized spacial score (nSPS) is 26.8. The van der Waals surface area contributed by atoms with Gasteiger partial charge in [-0.3, -0.25) is 0 Å². The van der Waals surface area contributed by atoms with E-state index in [1.54, 1.807) is 0 Å². The van der Waals surface area contributed by atoms with E-state index in [2.05, 4.69) is 29.3 Å². The van der Waals surface area contributed by atoms with Crippen LogP contribution in [0, 0.1) is 0 Å². The Morgan fingerprint density at radius 1 is 1.22 bits per heavy atom. The molecule has 1 saturated heterocycles. The Morgan fingerprint density at radius 3 is 2.56 bits per heavy atom. The molecule has 0 amide bonds. The predicted octanol–water partition coefficient (Wildman–Crippen LogP) is 3.45. The average molecular weight is 265 g/mol. The first kappa shape index (κ1) is 12.3. The third-order valence-corrected chi connectivity index (χ3v) is 4.75. The maximum Gasteiger partial charge on any atom is 0.0407 e. The SMILES string of the molecule is CC1CNC2(CCCC2)CN1c1ccc(Cl)cc1. The third kappa shape index (κ3) is 2.24. The second-order valence-electron chi connectivity index (χ2n) is 5.82. The van der Waals surface area contributed by atoms with Crippen molar-refractivity contribution in [3.05, 3.63) is 29.3 Å². The molecule has 2 nitrogen and oxygen atoms in total. The van der Waals surface area contributed by atoms with Crippen LogP contribution in [0.5, 0.6) is 0 Å². The number of nitrogens with zero attached hydrogens (tertiary/aromatic N) is 1. The number of nitrogens with one attached hydrogen (secondary N) is 1. The van der Waals surface area contributed by atoms with Crippen molar-refractivity contribution in [2.45, 2.75) is 44.2 Å². The zero-order chi connectivity index (χ0) is 12.6. The highest BCUT2D eigenvalue weighted by Crippen LogP contribution is 2.35. The van der Waals surface area contributed by atoms with Gasteiger partial charge in [0.2, 0.25) is 0 Å².